The maximum absolute atomic E-state index is 13.2. The van der Waals surface area contributed by atoms with Crippen LogP contribution in [0.1, 0.15) is 51.0 Å². The summed E-state index contributed by atoms with van der Waals surface area (Å²) in [6, 6.07) is 9.58. The van der Waals surface area contributed by atoms with Gasteiger partial charge in [0, 0.05) is 19.0 Å². The minimum Gasteiger partial charge on any atom is -0.375 e. The number of likely N-dealkylation sites (tertiary alicyclic amines) is 1. The van der Waals surface area contributed by atoms with Crippen LogP contribution >= 0.6 is 0 Å². The van der Waals surface area contributed by atoms with E-state index >= 15 is 0 Å². The fourth-order valence-electron chi connectivity index (χ4n) is 4.02. The maximum atomic E-state index is 13.2. The zero-order valence-electron chi connectivity index (χ0n) is 13.5. The van der Waals surface area contributed by atoms with Crippen LogP contribution in [0, 0.1) is 11.8 Å². The highest BCUT2D eigenvalue weighted by Gasteiger charge is 2.48. The number of hydrogen-bond donors (Lipinski definition) is 1. The molecule has 0 aromatic heterocycles. The summed E-state index contributed by atoms with van der Waals surface area (Å²) in [6.45, 7) is 3.80. The van der Waals surface area contributed by atoms with Gasteiger partial charge in [-0.25, -0.2) is 0 Å². The fourth-order valence-corrected chi connectivity index (χ4v) is 4.02. The third-order valence-corrected chi connectivity index (χ3v) is 5.56. The van der Waals surface area contributed by atoms with Gasteiger partial charge in [-0.15, -0.1) is 0 Å². The van der Waals surface area contributed by atoms with Gasteiger partial charge in [-0.2, -0.15) is 0 Å². The quantitative estimate of drug-likeness (QED) is 0.930. The second-order valence-electron chi connectivity index (χ2n) is 7.09. The molecule has 1 aromatic carbocycles. The Bertz CT molecular complexity index is 501. The van der Waals surface area contributed by atoms with Gasteiger partial charge in [0.2, 0.25) is 0 Å². The van der Waals surface area contributed by atoms with Crippen LogP contribution in [0.4, 0.5) is 0 Å². The van der Waals surface area contributed by atoms with E-state index in [1.165, 1.54) is 0 Å². The largest absolute Gasteiger partial charge is 0.375 e. The zero-order chi connectivity index (χ0) is 15.6. The number of piperidine rings is 1. The molecule has 1 aromatic rings. The minimum absolute atomic E-state index is 0.0572. The van der Waals surface area contributed by atoms with E-state index in [0.717, 1.165) is 57.2 Å². The Hall–Kier alpha value is -1.35. The highest BCUT2D eigenvalue weighted by atomic mass is 16.3. The first kappa shape index (κ1) is 15.5. The van der Waals surface area contributed by atoms with Crippen LogP contribution in [0.5, 0.6) is 0 Å². The number of carbonyl (C=O) groups excluding carboxylic acids is 1. The molecule has 22 heavy (non-hydrogen) atoms. The monoisotopic (exact) mass is 301 g/mol. The van der Waals surface area contributed by atoms with E-state index in [9.17, 15) is 9.90 Å². The van der Waals surface area contributed by atoms with Gasteiger partial charge in [0.25, 0.3) is 5.91 Å². The van der Waals surface area contributed by atoms with Gasteiger partial charge in [-0.3, -0.25) is 4.79 Å². The normalized spacial score (nSPS) is 23.5. The first-order chi connectivity index (χ1) is 10.6. The smallest absolute Gasteiger partial charge is 0.259 e. The Kier molecular flexibility index (Phi) is 4.53. The molecule has 3 nitrogen and oxygen atoms in total. The lowest BCUT2D eigenvalue weighted by Gasteiger charge is -2.40. The van der Waals surface area contributed by atoms with Gasteiger partial charge < -0.3 is 10.0 Å². The molecular weight excluding hydrogens is 274 g/mol. The number of rotatable bonds is 3. The summed E-state index contributed by atoms with van der Waals surface area (Å²) < 4.78 is 0. The van der Waals surface area contributed by atoms with Crippen LogP contribution in [-0.4, -0.2) is 29.0 Å². The van der Waals surface area contributed by atoms with E-state index in [0.29, 0.717) is 5.92 Å². The molecule has 1 heterocycles. The van der Waals surface area contributed by atoms with Gasteiger partial charge in [0.1, 0.15) is 0 Å². The number of carbonyl (C=O) groups is 1. The van der Waals surface area contributed by atoms with Gasteiger partial charge in [0.15, 0.2) is 5.60 Å². The van der Waals surface area contributed by atoms with Crippen LogP contribution < -0.4 is 0 Å². The first-order valence-electron chi connectivity index (χ1n) is 8.69. The second kappa shape index (κ2) is 6.41. The number of aliphatic hydroxyl groups is 1. The summed E-state index contributed by atoms with van der Waals surface area (Å²) in [5, 5.41) is 11.5. The summed E-state index contributed by atoms with van der Waals surface area (Å²) in [7, 11) is 0. The van der Waals surface area contributed by atoms with Gasteiger partial charge in [-0.1, -0.05) is 50.1 Å². The van der Waals surface area contributed by atoms with Crippen molar-refractivity contribution in [2.45, 2.75) is 51.0 Å². The molecule has 0 bridgehead atoms. The molecule has 3 rings (SSSR count). The number of hydrogen-bond acceptors (Lipinski definition) is 2. The Morgan fingerprint density at radius 2 is 1.68 bits per heavy atom. The lowest BCUT2D eigenvalue weighted by Crippen LogP contribution is -2.52. The van der Waals surface area contributed by atoms with Crippen molar-refractivity contribution in [3.05, 3.63) is 35.9 Å². The summed E-state index contributed by atoms with van der Waals surface area (Å²) in [6.07, 6.45) is 6.21. The number of benzene rings is 1. The lowest BCUT2D eigenvalue weighted by molar-refractivity contribution is -0.160. The van der Waals surface area contributed by atoms with E-state index in [1.54, 1.807) is 0 Å². The highest BCUT2D eigenvalue weighted by Crippen LogP contribution is 2.42. The van der Waals surface area contributed by atoms with Crippen LogP contribution in [0.3, 0.4) is 0 Å². The Morgan fingerprint density at radius 1 is 1.09 bits per heavy atom. The molecule has 3 heteroatoms. The molecule has 0 radical (unpaired) electrons. The van der Waals surface area contributed by atoms with Crippen LogP contribution in [-0.2, 0) is 10.4 Å². The molecule has 120 valence electrons. The van der Waals surface area contributed by atoms with Crippen molar-refractivity contribution < 1.29 is 9.90 Å². The maximum Gasteiger partial charge on any atom is 0.259 e. The van der Waals surface area contributed by atoms with Crippen LogP contribution in [0.15, 0.2) is 30.3 Å². The van der Waals surface area contributed by atoms with Crippen LogP contribution in [0.2, 0.25) is 0 Å². The standard InChI is InChI=1S/C19H27NO2/c1-15-11-13-20(14-12-15)18(21)19(22,17-9-5-6-10-17)16-7-3-2-4-8-16/h2-4,7-8,15,17,22H,5-6,9-14H2,1H3. The Balaban J connectivity index is 1.89. The molecule has 1 aliphatic carbocycles. The fraction of sp³-hybridized carbons (Fsp3) is 0.632. The van der Waals surface area contributed by atoms with E-state index in [1.807, 2.05) is 35.2 Å². The SMILES string of the molecule is CC1CCN(C(=O)C(O)(c2ccccc2)C2CCCC2)CC1. The molecule has 2 fully saturated rings. The van der Waals surface area contributed by atoms with Crippen molar-refractivity contribution in [3.63, 3.8) is 0 Å². The van der Waals surface area contributed by atoms with Gasteiger partial charge in [-0.05, 0) is 37.2 Å². The predicted octanol–water partition coefficient (Wildman–Crippen LogP) is 3.32. The molecule has 0 spiro atoms. The minimum atomic E-state index is -1.33. The average Bonchev–Trinajstić information content (AvgIpc) is 3.10. The molecule has 2 aliphatic rings. The predicted molar refractivity (Wildman–Crippen MR) is 87.3 cm³/mol. The summed E-state index contributed by atoms with van der Waals surface area (Å²) in [5.74, 6) is 0.666. The third-order valence-electron chi connectivity index (χ3n) is 5.56. The lowest BCUT2D eigenvalue weighted by atomic mass is 9.78. The molecule has 1 saturated heterocycles. The average molecular weight is 301 g/mol. The topological polar surface area (TPSA) is 40.5 Å². The Labute approximate surface area is 133 Å². The summed E-state index contributed by atoms with van der Waals surface area (Å²) >= 11 is 0. The molecule has 1 N–H and O–H groups in total. The number of amides is 1. The molecule has 1 saturated carbocycles. The van der Waals surface area contributed by atoms with Crippen LogP contribution in [0.25, 0.3) is 0 Å². The molecular formula is C19H27NO2. The summed E-state index contributed by atoms with van der Waals surface area (Å²) in [4.78, 5) is 15.1. The third kappa shape index (κ3) is 2.79. The molecule has 1 amide bonds. The van der Waals surface area contributed by atoms with Crippen molar-refractivity contribution in [2.75, 3.05) is 13.1 Å². The van der Waals surface area contributed by atoms with Crippen molar-refractivity contribution in [2.24, 2.45) is 11.8 Å². The van der Waals surface area contributed by atoms with Crippen molar-refractivity contribution >= 4 is 5.91 Å². The van der Waals surface area contributed by atoms with E-state index in [2.05, 4.69) is 6.92 Å². The highest BCUT2D eigenvalue weighted by molar-refractivity contribution is 5.87. The summed E-state index contributed by atoms with van der Waals surface area (Å²) in [5.41, 5.74) is -0.566. The second-order valence-corrected chi connectivity index (χ2v) is 7.09. The van der Waals surface area contributed by atoms with E-state index in [4.69, 9.17) is 0 Å². The molecule has 1 aliphatic heterocycles. The zero-order valence-corrected chi connectivity index (χ0v) is 13.5. The van der Waals surface area contributed by atoms with Crippen molar-refractivity contribution in [1.82, 2.24) is 4.90 Å². The first-order valence-corrected chi connectivity index (χ1v) is 8.69. The number of nitrogens with zero attached hydrogens (tertiary/aromatic N) is 1. The van der Waals surface area contributed by atoms with E-state index in [-0.39, 0.29) is 11.8 Å². The van der Waals surface area contributed by atoms with Crippen molar-refractivity contribution in [3.8, 4) is 0 Å². The van der Waals surface area contributed by atoms with E-state index < -0.39 is 5.60 Å². The van der Waals surface area contributed by atoms with Gasteiger partial charge in [0.05, 0.1) is 0 Å². The molecule has 1 atom stereocenters. The molecule has 1 unspecified atom stereocenters. The van der Waals surface area contributed by atoms with Crippen molar-refractivity contribution in [1.29, 1.82) is 0 Å². The Morgan fingerprint density at radius 3 is 2.27 bits per heavy atom. The van der Waals surface area contributed by atoms with Gasteiger partial charge >= 0.3 is 0 Å².